The number of rotatable bonds is 7. The Hall–Kier alpha value is -0.320. The molecular formula is C14H28ClN3O. The first-order valence-electron chi connectivity index (χ1n) is 7.54. The summed E-state index contributed by atoms with van der Waals surface area (Å²) in [4.78, 5) is 14.1. The van der Waals surface area contributed by atoms with Crippen molar-refractivity contribution >= 4 is 18.3 Å². The number of piperazine rings is 1. The second-order valence-corrected chi connectivity index (χ2v) is 5.63. The van der Waals surface area contributed by atoms with Crippen molar-refractivity contribution in [2.75, 3.05) is 39.3 Å². The largest absolute Gasteiger partial charge is 0.356 e. The molecule has 1 saturated carbocycles. The fourth-order valence-corrected chi connectivity index (χ4v) is 2.67. The van der Waals surface area contributed by atoms with Crippen LogP contribution in [0.1, 0.15) is 38.5 Å². The van der Waals surface area contributed by atoms with Crippen LogP contribution in [-0.4, -0.2) is 50.1 Å². The van der Waals surface area contributed by atoms with Gasteiger partial charge in [0, 0.05) is 39.1 Å². The molecule has 2 aliphatic rings. The van der Waals surface area contributed by atoms with Crippen LogP contribution >= 0.6 is 12.4 Å². The molecule has 19 heavy (non-hydrogen) atoms. The number of carbonyl (C=O) groups excluding carboxylic acids is 1. The highest BCUT2D eigenvalue weighted by Gasteiger charge is 2.18. The molecule has 1 saturated heterocycles. The first kappa shape index (κ1) is 16.7. The molecule has 2 N–H and O–H groups in total. The molecule has 1 heterocycles. The molecule has 2 fully saturated rings. The maximum absolute atomic E-state index is 11.6. The van der Waals surface area contributed by atoms with E-state index in [1.54, 1.807) is 0 Å². The van der Waals surface area contributed by atoms with Crippen LogP contribution in [0.2, 0.25) is 0 Å². The van der Waals surface area contributed by atoms with Crippen LogP contribution in [0, 0.1) is 5.92 Å². The molecule has 2 rings (SSSR count). The SMILES string of the molecule is Cl.O=C(CCC1CCC1)NCCCN1CCNCC1. The quantitative estimate of drug-likeness (QED) is 0.697. The number of hydrogen-bond acceptors (Lipinski definition) is 3. The van der Waals surface area contributed by atoms with E-state index in [1.165, 1.54) is 19.3 Å². The molecular weight excluding hydrogens is 262 g/mol. The number of nitrogens with zero attached hydrogens (tertiary/aromatic N) is 1. The normalized spacial score (nSPS) is 20.4. The third-order valence-electron chi connectivity index (χ3n) is 4.19. The standard InChI is InChI=1S/C14H27N3O.ClH/c18-14(6-5-13-3-1-4-13)16-7-2-10-17-11-8-15-9-12-17;/h13,15H,1-12H2,(H,16,18);1H. The molecule has 0 radical (unpaired) electrons. The second kappa shape index (κ2) is 9.56. The van der Waals surface area contributed by atoms with Gasteiger partial charge in [-0.25, -0.2) is 0 Å². The summed E-state index contributed by atoms with van der Waals surface area (Å²) in [5, 5.41) is 6.39. The highest BCUT2D eigenvalue weighted by atomic mass is 35.5. The monoisotopic (exact) mass is 289 g/mol. The molecule has 1 aliphatic heterocycles. The predicted molar refractivity (Wildman–Crippen MR) is 80.8 cm³/mol. The maximum atomic E-state index is 11.6. The van der Waals surface area contributed by atoms with Crippen molar-refractivity contribution in [1.82, 2.24) is 15.5 Å². The molecule has 0 aromatic rings. The number of amides is 1. The Morgan fingerprint density at radius 3 is 2.63 bits per heavy atom. The van der Waals surface area contributed by atoms with Gasteiger partial charge < -0.3 is 15.5 Å². The lowest BCUT2D eigenvalue weighted by molar-refractivity contribution is -0.121. The first-order valence-corrected chi connectivity index (χ1v) is 7.54. The third kappa shape index (κ3) is 6.59. The summed E-state index contributed by atoms with van der Waals surface area (Å²) in [6.45, 7) is 6.46. The molecule has 4 nitrogen and oxygen atoms in total. The molecule has 5 heteroatoms. The van der Waals surface area contributed by atoms with Crippen LogP contribution in [-0.2, 0) is 4.79 Å². The van der Waals surface area contributed by atoms with E-state index in [2.05, 4.69) is 15.5 Å². The molecule has 0 unspecified atom stereocenters. The summed E-state index contributed by atoms with van der Waals surface area (Å²) in [7, 11) is 0. The second-order valence-electron chi connectivity index (χ2n) is 5.63. The summed E-state index contributed by atoms with van der Waals surface area (Å²) in [6, 6.07) is 0. The van der Waals surface area contributed by atoms with Crippen molar-refractivity contribution in [2.24, 2.45) is 5.92 Å². The van der Waals surface area contributed by atoms with Crippen LogP contribution < -0.4 is 10.6 Å². The van der Waals surface area contributed by atoms with Crippen molar-refractivity contribution in [3.8, 4) is 0 Å². The summed E-state index contributed by atoms with van der Waals surface area (Å²) < 4.78 is 0. The number of halogens is 1. The zero-order chi connectivity index (χ0) is 12.6. The average Bonchev–Trinajstić information content (AvgIpc) is 2.34. The molecule has 0 atom stereocenters. The Kier molecular flexibility index (Phi) is 8.42. The molecule has 1 amide bonds. The average molecular weight is 290 g/mol. The summed E-state index contributed by atoms with van der Waals surface area (Å²) in [5.41, 5.74) is 0. The van der Waals surface area contributed by atoms with Crippen LogP contribution in [0.4, 0.5) is 0 Å². The van der Waals surface area contributed by atoms with E-state index < -0.39 is 0 Å². The first-order chi connectivity index (χ1) is 8.84. The van der Waals surface area contributed by atoms with E-state index in [9.17, 15) is 4.79 Å². The van der Waals surface area contributed by atoms with Crippen LogP contribution in [0.25, 0.3) is 0 Å². The molecule has 0 bridgehead atoms. The predicted octanol–water partition coefficient (Wildman–Crippen LogP) is 1.40. The Bertz CT molecular complexity index is 253. The molecule has 0 spiro atoms. The summed E-state index contributed by atoms with van der Waals surface area (Å²) >= 11 is 0. The van der Waals surface area contributed by atoms with Gasteiger partial charge >= 0.3 is 0 Å². The lowest BCUT2D eigenvalue weighted by Crippen LogP contribution is -2.44. The molecule has 0 aromatic carbocycles. The maximum Gasteiger partial charge on any atom is 0.220 e. The van der Waals surface area contributed by atoms with Crippen LogP contribution in [0.5, 0.6) is 0 Å². The van der Waals surface area contributed by atoms with E-state index >= 15 is 0 Å². The topological polar surface area (TPSA) is 44.4 Å². The Morgan fingerprint density at radius 1 is 1.26 bits per heavy atom. The van der Waals surface area contributed by atoms with E-state index in [1.807, 2.05) is 0 Å². The molecule has 1 aliphatic carbocycles. The van der Waals surface area contributed by atoms with Crippen molar-refractivity contribution in [2.45, 2.75) is 38.5 Å². The van der Waals surface area contributed by atoms with Crippen molar-refractivity contribution < 1.29 is 4.79 Å². The molecule has 0 aromatic heterocycles. The Balaban J connectivity index is 0.00000180. The third-order valence-corrected chi connectivity index (χ3v) is 4.19. The van der Waals surface area contributed by atoms with Crippen molar-refractivity contribution in [3.63, 3.8) is 0 Å². The minimum atomic E-state index is 0. The summed E-state index contributed by atoms with van der Waals surface area (Å²) in [5.74, 6) is 1.10. The van der Waals surface area contributed by atoms with Gasteiger partial charge in [-0.1, -0.05) is 19.3 Å². The number of nitrogens with one attached hydrogen (secondary N) is 2. The van der Waals surface area contributed by atoms with E-state index in [-0.39, 0.29) is 18.3 Å². The van der Waals surface area contributed by atoms with Gasteiger partial charge in [0.2, 0.25) is 5.91 Å². The highest BCUT2D eigenvalue weighted by Crippen LogP contribution is 2.30. The Labute approximate surface area is 123 Å². The van der Waals surface area contributed by atoms with Gasteiger partial charge in [-0.15, -0.1) is 12.4 Å². The van der Waals surface area contributed by atoms with E-state index in [4.69, 9.17) is 0 Å². The minimum absolute atomic E-state index is 0. The zero-order valence-corrected chi connectivity index (χ0v) is 12.6. The van der Waals surface area contributed by atoms with Gasteiger partial charge in [0.15, 0.2) is 0 Å². The summed E-state index contributed by atoms with van der Waals surface area (Å²) in [6.07, 6.45) is 6.97. The van der Waals surface area contributed by atoms with Gasteiger partial charge in [0.05, 0.1) is 0 Å². The molecule has 112 valence electrons. The van der Waals surface area contributed by atoms with Gasteiger partial charge in [-0.05, 0) is 25.3 Å². The van der Waals surface area contributed by atoms with Crippen LogP contribution in [0.3, 0.4) is 0 Å². The Morgan fingerprint density at radius 2 is 2.00 bits per heavy atom. The minimum Gasteiger partial charge on any atom is -0.356 e. The van der Waals surface area contributed by atoms with E-state index in [0.717, 1.165) is 64.4 Å². The van der Waals surface area contributed by atoms with Crippen LogP contribution in [0.15, 0.2) is 0 Å². The number of carbonyl (C=O) groups is 1. The lowest BCUT2D eigenvalue weighted by Gasteiger charge is -2.27. The van der Waals surface area contributed by atoms with Gasteiger partial charge in [-0.2, -0.15) is 0 Å². The fourth-order valence-electron chi connectivity index (χ4n) is 2.67. The van der Waals surface area contributed by atoms with Crippen molar-refractivity contribution in [1.29, 1.82) is 0 Å². The van der Waals surface area contributed by atoms with Crippen molar-refractivity contribution in [3.05, 3.63) is 0 Å². The highest BCUT2D eigenvalue weighted by molar-refractivity contribution is 5.85. The number of hydrogen-bond donors (Lipinski definition) is 2. The van der Waals surface area contributed by atoms with Gasteiger partial charge in [-0.3, -0.25) is 4.79 Å². The fraction of sp³-hybridized carbons (Fsp3) is 0.929. The zero-order valence-electron chi connectivity index (χ0n) is 11.8. The van der Waals surface area contributed by atoms with Gasteiger partial charge in [0.1, 0.15) is 0 Å². The van der Waals surface area contributed by atoms with E-state index in [0.29, 0.717) is 0 Å². The smallest absolute Gasteiger partial charge is 0.220 e. The lowest BCUT2D eigenvalue weighted by atomic mass is 9.82. The van der Waals surface area contributed by atoms with Gasteiger partial charge in [0.25, 0.3) is 0 Å².